The van der Waals surface area contributed by atoms with Crippen molar-refractivity contribution in [2.75, 3.05) is 5.73 Å². The van der Waals surface area contributed by atoms with Gasteiger partial charge in [-0.3, -0.25) is 0 Å². The monoisotopic (exact) mass is 217 g/mol. The standard InChI is InChI=1S/C13H12ClN/c14-13(10-4-2-1-3-5-10)11-6-8-12(15)9-7-11/h1-9,13H,15H2. The number of benzene rings is 2. The van der Waals surface area contributed by atoms with Crippen molar-refractivity contribution >= 4 is 17.3 Å². The van der Waals surface area contributed by atoms with Crippen LogP contribution in [0.1, 0.15) is 16.5 Å². The summed E-state index contributed by atoms with van der Waals surface area (Å²) in [6.07, 6.45) is 0. The molecule has 1 nitrogen and oxygen atoms in total. The summed E-state index contributed by atoms with van der Waals surface area (Å²) in [6, 6.07) is 17.7. The van der Waals surface area contributed by atoms with Crippen molar-refractivity contribution in [1.82, 2.24) is 0 Å². The lowest BCUT2D eigenvalue weighted by Crippen LogP contribution is -1.93. The van der Waals surface area contributed by atoms with E-state index in [-0.39, 0.29) is 5.38 Å². The Morgan fingerprint density at radius 3 is 1.93 bits per heavy atom. The fourth-order valence-electron chi connectivity index (χ4n) is 1.48. The number of nitrogens with two attached hydrogens (primary N) is 1. The largest absolute Gasteiger partial charge is 0.399 e. The molecule has 15 heavy (non-hydrogen) atoms. The van der Waals surface area contributed by atoms with Crippen LogP contribution in [0.5, 0.6) is 0 Å². The third kappa shape index (κ3) is 2.31. The maximum atomic E-state index is 6.34. The van der Waals surface area contributed by atoms with Gasteiger partial charge in [0.2, 0.25) is 0 Å². The van der Waals surface area contributed by atoms with E-state index in [1.807, 2.05) is 54.6 Å². The topological polar surface area (TPSA) is 26.0 Å². The van der Waals surface area contributed by atoms with Crippen molar-refractivity contribution < 1.29 is 0 Å². The van der Waals surface area contributed by atoms with Crippen LogP contribution in [0.4, 0.5) is 5.69 Å². The molecule has 0 fully saturated rings. The summed E-state index contributed by atoms with van der Waals surface area (Å²) < 4.78 is 0. The highest BCUT2D eigenvalue weighted by molar-refractivity contribution is 6.22. The number of anilines is 1. The first-order valence-electron chi connectivity index (χ1n) is 4.82. The highest BCUT2D eigenvalue weighted by atomic mass is 35.5. The van der Waals surface area contributed by atoms with Crippen LogP contribution >= 0.6 is 11.6 Å². The molecule has 0 spiro atoms. The maximum Gasteiger partial charge on any atom is 0.0835 e. The lowest BCUT2D eigenvalue weighted by atomic mass is 10.0. The van der Waals surface area contributed by atoms with Crippen molar-refractivity contribution in [1.29, 1.82) is 0 Å². The molecule has 0 aliphatic carbocycles. The predicted molar refractivity (Wildman–Crippen MR) is 65.0 cm³/mol. The zero-order chi connectivity index (χ0) is 10.7. The molecule has 2 aromatic rings. The Morgan fingerprint density at radius 2 is 1.33 bits per heavy atom. The van der Waals surface area contributed by atoms with Gasteiger partial charge in [-0.25, -0.2) is 0 Å². The molecule has 0 aliphatic heterocycles. The van der Waals surface area contributed by atoms with E-state index >= 15 is 0 Å². The zero-order valence-electron chi connectivity index (χ0n) is 8.23. The first kappa shape index (κ1) is 10.1. The van der Waals surface area contributed by atoms with E-state index in [1.54, 1.807) is 0 Å². The first-order valence-corrected chi connectivity index (χ1v) is 5.25. The van der Waals surface area contributed by atoms with Crippen LogP contribution in [0.15, 0.2) is 54.6 Å². The van der Waals surface area contributed by atoms with Gasteiger partial charge in [0.15, 0.2) is 0 Å². The van der Waals surface area contributed by atoms with Crippen LogP contribution in [-0.2, 0) is 0 Å². The molecule has 2 heteroatoms. The fraction of sp³-hybridized carbons (Fsp3) is 0.0769. The second-order valence-corrected chi connectivity index (χ2v) is 3.88. The molecule has 76 valence electrons. The molecule has 1 atom stereocenters. The van der Waals surface area contributed by atoms with E-state index in [9.17, 15) is 0 Å². The van der Waals surface area contributed by atoms with E-state index in [0.717, 1.165) is 16.8 Å². The molecule has 0 amide bonds. The number of hydrogen-bond acceptors (Lipinski definition) is 1. The molecular formula is C13H12ClN. The van der Waals surface area contributed by atoms with Crippen molar-refractivity contribution in [3.05, 3.63) is 65.7 Å². The Morgan fingerprint density at radius 1 is 0.800 bits per heavy atom. The molecule has 2 aromatic carbocycles. The average Bonchev–Trinajstić information content (AvgIpc) is 2.30. The van der Waals surface area contributed by atoms with Gasteiger partial charge in [0, 0.05) is 5.69 Å². The van der Waals surface area contributed by atoms with Crippen molar-refractivity contribution in [2.45, 2.75) is 5.38 Å². The molecule has 2 N–H and O–H groups in total. The van der Waals surface area contributed by atoms with Crippen molar-refractivity contribution in [3.63, 3.8) is 0 Å². The Hall–Kier alpha value is -1.47. The van der Waals surface area contributed by atoms with Gasteiger partial charge in [0.1, 0.15) is 0 Å². The predicted octanol–water partition coefficient (Wildman–Crippen LogP) is 3.60. The van der Waals surface area contributed by atoms with E-state index in [2.05, 4.69) is 0 Å². The summed E-state index contributed by atoms with van der Waals surface area (Å²) in [6.45, 7) is 0. The highest BCUT2D eigenvalue weighted by Gasteiger charge is 2.09. The molecule has 1 unspecified atom stereocenters. The van der Waals surface area contributed by atoms with Gasteiger partial charge in [-0.15, -0.1) is 11.6 Å². The van der Waals surface area contributed by atoms with Gasteiger partial charge < -0.3 is 5.73 Å². The summed E-state index contributed by atoms with van der Waals surface area (Å²) in [7, 11) is 0. The van der Waals surface area contributed by atoms with Gasteiger partial charge in [-0.05, 0) is 23.3 Å². The maximum absolute atomic E-state index is 6.34. The third-order valence-electron chi connectivity index (χ3n) is 2.32. The lowest BCUT2D eigenvalue weighted by molar-refractivity contribution is 1.14. The molecule has 0 heterocycles. The normalized spacial score (nSPS) is 12.3. The summed E-state index contributed by atoms with van der Waals surface area (Å²) in [5.74, 6) is 0. The molecule has 0 bridgehead atoms. The number of alkyl halides is 1. The Bertz CT molecular complexity index is 422. The fourth-order valence-corrected chi connectivity index (χ4v) is 1.77. The number of hydrogen-bond donors (Lipinski definition) is 1. The van der Waals surface area contributed by atoms with Gasteiger partial charge in [0.25, 0.3) is 0 Å². The van der Waals surface area contributed by atoms with Gasteiger partial charge >= 0.3 is 0 Å². The number of rotatable bonds is 2. The Kier molecular flexibility index (Phi) is 2.93. The number of nitrogen functional groups attached to an aromatic ring is 1. The quantitative estimate of drug-likeness (QED) is 0.604. The summed E-state index contributed by atoms with van der Waals surface area (Å²) in [5.41, 5.74) is 8.55. The Labute approximate surface area is 94.5 Å². The molecule has 0 radical (unpaired) electrons. The van der Waals surface area contributed by atoms with Crippen LogP contribution in [0, 0.1) is 0 Å². The van der Waals surface area contributed by atoms with Crippen LogP contribution in [-0.4, -0.2) is 0 Å². The highest BCUT2D eigenvalue weighted by Crippen LogP contribution is 2.28. The summed E-state index contributed by atoms with van der Waals surface area (Å²) in [5, 5.41) is -0.105. The van der Waals surface area contributed by atoms with Crippen LogP contribution < -0.4 is 5.73 Å². The molecule has 0 aromatic heterocycles. The van der Waals surface area contributed by atoms with Crippen molar-refractivity contribution in [3.8, 4) is 0 Å². The minimum Gasteiger partial charge on any atom is -0.399 e. The third-order valence-corrected chi connectivity index (χ3v) is 2.83. The summed E-state index contributed by atoms with van der Waals surface area (Å²) >= 11 is 6.34. The molecular weight excluding hydrogens is 206 g/mol. The van der Waals surface area contributed by atoms with E-state index in [1.165, 1.54) is 0 Å². The minimum absolute atomic E-state index is 0.105. The van der Waals surface area contributed by atoms with Crippen molar-refractivity contribution in [2.24, 2.45) is 0 Å². The molecule has 0 aliphatic rings. The smallest absolute Gasteiger partial charge is 0.0835 e. The van der Waals surface area contributed by atoms with Gasteiger partial charge in [-0.1, -0.05) is 42.5 Å². The zero-order valence-corrected chi connectivity index (χ0v) is 8.98. The average molecular weight is 218 g/mol. The SMILES string of the molecule is Nc1ccc(C(Cl)c2ccccc2)cc1. The minimum atomic E-state index is -0.105. The molecule has 2 rings (SSSR count). The molecule has 0 saturated carbocycles. The second-order valence-electron chi connectivity index (χ2n) is 3.44. The second kappa shape index (κ2) is 4.37. The van der Waals surface area contributed by atoms with Gasteiger partial charge in [-0.2, -0.15) is 0 Å². The van der Waals surface area contributed by atoms with E-state index < -0.39 is 0 Å². The first-order chi connectivity index (χ1) is 7.27. The molecule has 0 saturated heterocycles. The summed E-state index contributed by atoms with van der Waals surface area (Å²) in [4.78, 5) is 0. The Balaban J connectivity index is 2.29. The van der Waals surface area contributed by atoms with Crippen LogP contribution in [0.2, 0.25) is 0 Å². The van der Waals surface area contributed by atoms with Gasteiger partial charge in [0.05, 0.1) is 5.38 Å². The lowest BCUT2D eigenvalue weighted by Gasteiger charge is -2.10. The van der Waals surface area contributed by atoms with Crippen LogP contribution in [0.3, 0.4) is 0 Å². The van der Waals surface area contributed by atoms with E-state index in [0.29, 0.717) is 0 Å². The number of halogens is 1. The van der Waals surface area contributed by atoms with Crippen LogP contribution in [0.25, 0.3) is 0 Å². The van der Waals surface area contributed by atoms with E-state index in [4.69, 9.17) is 17.3 Å².